The van der Waals surface area contributed by atoms with Crippen molar-refractivity contribution in [1.29, 1.82) is 0 Å². The summed E-state index contributed by atoms with van der Waals surface area (Å²) in [7, 11) is 0. The van der Waals surface area contributed by atoms with Crippen LogP contribution < -0.4 is 0 Å². The number of thiophene rings is 1. The second kappa shape index (κ2) is 8.52. The van der Waals surface area contributed by atoms with Crippen molar-refractivity contribution in [3.8, 4) is 0 Å². The summed E-state index contributed by atoms with van der Waals surface area (Å²) in [4.78, 5) is 30.2. The van der Waals surface area contributed by atoms with E-state index in [-0.39, 0.29) is 12.0 Å². The van der Waals surface area contributed by atoms with Gasteiger partial charge in [-0.05, 0) is 50.6 Å². The van der Waals surface area contributed by atoms with Crippen molar-refractivity contribution < 1.29 is 14.3 Å². The molecule has 0 bridgehead atoms. The maximum absolute atomic E-state index is 13.3. The zero-order valence-corrected chi connectivity index (χ0v) is 18.1. The zero-order chi connectivity index (χ0) is 20.3. The minimum atomic E-state index is -0.509. The lowest BCUT2D eigenvalue weighted by atomic mass is 10.1. The smallest absolute Gasteiger partial charge is 0.410 e. The van der Waals surface area contributed by atoms with E-state index in [0.29, 0.717) is 26.2 Å². The highest BCUT2D eigenvalue weighted by Gasteiger charge is 2.28. The van der Waals surface area contributed by atoms with E-state index in [0.717, 1.165) is 24.1 Å². The van der Waals surface area contributed by atoms with E-state index in [1.807, 2.05) is 37.8 Å². The fourth-order valence-electron chi connectivity index (χ4n) is 3.54. The largest absolute Gasteiger partial charge is 0.444 e. The molecule has 0 radical (unpaired) electrons. The summed E-state index contributed by atoms with van der Waals surface area (Å²) in [5, 5.41) is 1.20. The van der Waals surface area contributed by atoms with E-state index in [1.54, 1.807) is 16.2 Å². The van der Waals surface area contributed by atoms with E-state index in [9.17, 15) is 9.59 Å². The number of benzene rings is 1. The van der Waals surface area contributed by atoms with E-state index >= 15 is 0 Å². The molecule has 6 heteroatoms. The van der Waals surface area contributed by atoms with Crippen LogP contribution in [0.5, 0.6) is 0 Å². The molecule has 5 nitrogen and oxygen atoms in total. The normalized spacial score (nSPS) is 15.6. The van der Waals surface area contributed by atoms with Gasteiger partial charge in [0.15, 0.2) is 0 Å². The molecule has 1 aromatic heterocycles. The Bertz CT molecular complexity index is 853. The molecule has 28 heavy (non-hydrogen) atoms. The zero-order valence-electron chi connectivity index (χ0n) is 17.3. The lowest BCUT2D eigenvalue weighted by Gasteiger charge is -2.26. The number of fused-ring (bicyclic) bond motifs is 1. The molecule has 2 heterocycles. The summed E-state index contributed by atoms with van der Waals surface area (Å²) in [6.07, 6.45) is 2.38. The van der Waals surface area contributed by atoms with Gasteiger partial charge < -0.3 is 14.5 Å². The number of carbonyl (C=O) groups excluding carboxylic acids is 2. The molecule has 0 unspecified atom stereocenters. The Morgan fingerprint density at radius 1 is 1.07 bits per heavy atom. The molecule has 1 saturated heterocycles. The van der Waals surface area contributed by atoms with Gasteiger partial charge in [-0.15, -0.1) is 11.3 Å². The molecule has 1 fully saturated rings. The predicted molar refractivity (Wildman–Crippen MR) is 114 cm³/mol. The summed E-state index contributed by atoms with van der Waals surface area (Å²) in [6.45, 7) is 10.1. The van der Waals surface area contributed by atoms with E-state index in [1.165, 1.54) is 15.6 Å². The Balaban J connectivity index is 1.76. The van der Waals surface area contributed by atoms with Gasteiger partial charge in [0.1, 0.15) is 5.60 Å². The maximum Gasteiger partial charge on any atom is 0.410 e. The lowest BCUT2D eigenvalue weighted by molar-refractivity contribution is 0.0255. The molecular weight excluding hydrogens is 372 g/mol. The van der Waals surface area contributed by atoms with Crippen molar-refractivity contribution in [3.63, 3.8) is 0 Å². The quantitative estimate of drug-likeness (QED) is 0.731. The number of hydrogen-bond donors (Lipinski definition) is 0. The van der Waals surface area contributed by atoms with E-state index in [2.05, 4.69) is 19.1 Å². The first-order chi connectivity index (χ1) is 13.3. The third kappa shape index (κ3) is 4.66. The van der Waals surface area contributed by atoms with Gasteiger partial charge in [-0.3, -0.25) is 4.79 Å². The highest BCUT2D eigenvalue weighted by Crippen LogP contribution is 2.33. The molecule has 2 aromatic rings. The Morgan fingerprint density at radius 3 is 2.46 bits per heavy atom. The van der Waals surface area contributed by atoms with Crippen LogP contribution in [0.4, 0.5) is 4.79 Å². The number of hydrogen-bond acceptors (Lipinski definition) is 4. The van der Waals surface area contributed by atoms with Gasteiger partial charge >= 0.3 is 6.09 Å². The molecule has 152 valence electrons. The standard InChI is InChI=1S/C22H30N2O3S/c1-5-9-17-16-10-6-7-11-18(16)28-19(17)20(25)23-12-8-13-24(15-14-23)21(26)27-22(2,3)4/h6-7,10-11H,5,8-9,12-15H2,1-4H3. The summed E-state index contributed by atoms with van der Waals surface area (Å²) in [6, 6.07) is 8.25. The first-order valence-corrected chi connectivity index (χ1v) is 10.9. The maximum atomic E-state index is 13.3. The Hall–Kier alpha value is -2.08. The molecule has 0 spiro atoms. The molecule has 1 aromatic carbocycles. The summed E-state index contributed by atoms with van der Waals surface area (Å²) in [5.41, 5.74) is 0.659. The van der Waals surface area contributed by atoms with Crippen molar-refractivity contribution >= 4 is 33.4 Å². The van der Waals surface area contributed by atoms with Gasteiger partial charge in [0.2, 0.25) is 0 Å². The number of nitrogens with zero attached hydrogens (tertiary/aromatic N) is 2. The summed E-state index contributed by atoms with van der Waals surface area (Å²) < 4.78 is 6.66. The minimum absolute atomic E-state index is 0.0932. The van der Waals surface area contributed by atoms with E-state index < -0.39 is 5.60 Å². The third-order valence-electron chi connectivity index (χ3n) is 4.83. The predicted octanol–water partition coefficient (Wildman–Crippen LogP) is 4.94. The van der Waals surface area contributed by atoms with Crippen LogP contribution in [0.1, 0.15) is 55.8 Å². The van der Waals surface area contributed by atoms with Crippen LogP contribution in [-0.4, -0.2) is 53.6 Å². The van der Waals surface area contributed by atoms with Gasteiger partial charge in [-0.1, -0.05) is 31.5 Å². The number of amides is 2. The molecular formula is C22H30N2O3S. The van der Waals surface area contributed by atoms with Crippen LogP contribution in [0.2, 0.25) is 0 Å². The van der Waals surface area contributed by atoms with Crippen molar-refractivity contribution in [2.24, 2.45) is 0 Å². The molecule has 0 N–H and O–H groups in total. The molecule has 0 aliphatic carbocycles. The van der Waals surface area contributed by atoms with Gasteiger partial charge in [-0.2, -0.15) is 0 Å². The number of aryl methyl sites for hydroxylation is 1. The SMILES string of the molecule is CCCc1c(C(=O)N2CCCN(C(=O)OC(C)(C)C)CC2)sc2ccccc12. The van der Waals surface area contributed by atoms with Crippen molar-refractivity contribution in [2.45, 2.75) is 52.6 Å². The second-order valence-electron chi connectivity index (χ2n) is 8.27. The number of ether oxygens (including phenoxy) is 1. The van der Waals surface area contributed by atoms with E-state index in [4.69, 9.17) is 4.74 Å². The highest BCUT2D eigenvalue weighted by atomic mass is 32.1. The van der Waals surface area contributed by atoms with Gasteiger partial charge in [0.25, 0.3) is 5.91 Å². The first-order valence-electron chi connectivity index (χ1n) is 10.1. The van der Waals surface area contributed by atoms with Crippen LogP contribution >= 0.6 is 11.3 Å². The molecule has 1 aliphatic heterocycles. The molecule has 3 rings (SSSR count). The Kier molecular flexibility index (Phi) is 6.28. The monoisotopic (exact) mass is 402 g/mol. The van der Waals surface area contributed by atoms with Gasteiger partial charge in [0.05, 0.1) is 4.88 Å². The van der Waals surface area contributed by atoms with Gasteiger partial charge in [0, 0.05) is 30.9 Å². The van der Waals surface area contributed by atoms with Crippen LogP contribution in [0.25, 0.3) is 10.1 Å². The fraction of sp³-hybridized carbons (Fsp3) is 0.545. The number of rotatable bonds is 3. The topological polar surface area (TPSA) is 49.9 Å². The van der Waals surface area contributed by atoms with Crippen molar-refractivity contribution in [3.05, 3.63) is 34.7 Å². The average molecular weight is 403 g/mol. The average Bonchev–Trinajstić information content (AvgIpc) is 2.82. The fourth-order valence-corrected chi connectivity index (χ4v) is 4.76. The lowest BCUT2D eigenvalue weighted by Crippen LogP contribution is -2.40. The van der Waals surface area contributed by atoms with Crippen LogP contribution in [0, 0.1) is 0 Å². The summed E-state index contributed by atoms with van der Waals surface area (Å²) in [5.74, 6) is 0.0932. The van der Waals surface area contributed by atoms with Crippen molar-refractivity contribution in [1.82, 2.24) is 9.80 Å². The molecule has 0 atom stereocenters. The first kappa shape index (κ1) is 20.6. The third-order valence-corrected chi connectivity index (χ3v) is 6.03. The van der Waals surface area contributed by atoms with Crippen molar-refractivity contribution in [2.75, 3.05) is 26.2 Å². The van der Waals surface area contributed by atoms with Gasteiger partial charge in [-0.25, -0.2) is 4.79 Å². The van der Waals surface area contributed by atoms with Crippen LogP contribution in [-0.2, 0) is 11.2 Å². The minimum Gasteiger partial charge on any atom is -0.444 e. The van der Waals surface area contributed by atoms with Crippen LogP contribution in [0.15, 0.2) is 24.3 Å². The second-order valence-corrected chi connectivity index (χ2v) is 9.32. The number of carbonyl (C=O) groups is 2. The molecule has 0 saturated carbocycles. The Morgan fingerprint density at radius 2 is 1.75 bits per heavy atom. The molecule has 1 aliphatic rings. The molecule has 2 amide bonds. The summed E-state index contributed by atoms with van der Waals surface area (Å²) >= 11 is 1.59. The highest BCUT2D eigenvalue weighted by molar-refractivity contribution is 7.21. The van der Waals surface area contributed by atoms with Crippen LogP contribution in [0.3, 0.4) is 0 Å². The Labute approximate surface area is 171 Å².